The highest BCUT2D eigenvalue weighted by molar-refractivity contribution is 5.46. The van der Waals surface area contributed by atoms with Crippen LogP contribution in [0.25, 0.3) is 5.65 Å². The van der Waals surface area contributed by atoms with Crippen LogP contribution in [0.2, 0.25) is 0 Å². The Hall–Kier alpha value is -2.67. The molecule has 0 saturated carbocycles. The Labute approximate surface area is 109 Å². The molecule has 0 fully saturated rings. The minimum atomic E-state index is -0.320. The molecule has 4 heteroatoms. The van der Waals surface area contributed by atoms with Crippen molar-refractivity contribution < 1.29 is 4.39 Å². The van der Waals surface area contributed by atoms with Gasteiger partial charge in [-0.05, 0) is 42.7 Å². The lowest BCUT2D eigenvalue weighted by atomic mass is 10.1. The molecule has 0 radical (unpaired) electrons. The molecule has 2 heterocycles. The molecule has 2 aromatic heterocycles. The van der Waals surface area contributed by atoms with Crippen molar-refractivity contribution in [2.24, 2.45) is 0 Å². The number of hydrogen-bond acceptors (Lipinski definition) is 2. The van der Waals surface area contributed by atoms with Gasteiger partial charge in [0.15, 0.2) is 5.65 Å². The average Bonchev–Trinajstić information content (AvgIpc) is 2.83. The van der Waals surface area contributed by atoms with E-state index in [0.717, 1.165) is 11.2 Å². The van der Waals surface area contributed by atoms with E-state index in [9.17, 15) is 4.39 Å². The maximum absolute atomic E-state index is 13.6. The van der Waals surface area contributed by atoms with E-state index in [2.05, 4.69) is 21.9 Å². The minimum absolute atomic E-state index is 0.320. The van der Waals surface area contributed by atoms with Gasteiger partial charge in [0.2, 0.25) is 0 Å². The van der Waals surface area contributed by atoms with Crippen LogP contribution in [0.5, 0.6) is 0 Å². The van der Waals surface area contributed by atoms with Crippen molar-refractivity contribution >= 4 is 5.65 Å². The summed E-state index contributed by atoms with van der Waals surface area (Å²) in [6, 6.07) is 8.51. The third kappa shape index (κ3) is 2.18. The van der Waals surface area contributed by atoms with E-state index >= 15 is 0 Å². The van der Waals surface area contributed by atoms with Crippen molar-refractivity contribution in [1.29, 1.82) is 0 Å². The summed E-state index contributed by atoms with van der Waals surface area (Å²) in [6.07, 6.45) is 3.29. The van der Waals surface area contributed by atoms with Crippen molar-refractivity contribution in [2.75, 3.05) is 0 Å². The summed E-state index contributed by atoms with van der Waals surface area (Å²) in [5.41, 5.74) is 2.71. The van der Waals surface area contributed by atoms with Crippen LogP contribution < -0.4 is 0 Å². The van der Waals surface area contributed by atoms with Crippen molar-refractivity contribution in [3.8, 4) is 11.8 Å². The SMILES string of the molecule is Cc1ccc(F)c(C#Cc2cnc3cccnn23)c1. The monoisotopic (exact) mass is 251 g/mol. The standard InChI is InChI=1S/C15H10FN3/c1-11-4-7-14(16)12(9-11)5-6-13-10-17-15-3-2-8-18-19(13)15/h2-4,7-10H,1H3. The number of aryl methyl sites for hydroxylation is 1. The third-order valence-electron chi connectivity index (χ3n) is 2.72. The van der Waals surface area contributed by atoms with Crippen LogP contribution in [-0.2, 0) is 0 Å². The molecule has 0 bridgehead atoms. The molecule has 0 aliphatic heterocycles. The molecular formula is C15H10FN3. The molecule has 0 atom stereocenters. The Kier molecular flexibility index (Phi) is 2.73. The zero-order chi connectivity index (χ0) is 13.2. The van der Waals surface area contributed by atoms with Crippen molar-refractivity contribution in [2.45, 2.75) is 6.92 Å². The van der Waals surface area contributed by atoms with Gasteiger partial charge in [-0.3, -0.25) is 0 Å². The molecule has 0 saturated heterocycles. The Morgan fingerprint density at radius 2 is 2.11 bits per heavy atom. The van der Waals surface area contributed by atoms with Gasteiger partial charge in [0.25, 0.3) is 0 Å². The van der Waals surface area contributed by atoms with Crippen LogP contribution in [0.4, 0.5) is 4.39 Å². The second-order valence-corrected chi connectivity index (χ2v) is 4.17. The van der Waals surface area contributed by atoms with E-state index in [0.29, 0.717) is 11.3 Å². The first-order chi connectivity index (χ1) is 9.24. The van der Waals surface area contributed by atoms with Gasteiger partial charge in [-0.1, -0.05) is 12.0 Å². The summed E-state index contributed by atoms with van der Waals surface area (Å²) in [5, 5.41) is 4.15. The van der Waals surface area contributed by atoms with Crippen LogP contribution in [-0.4, -0.2) is 14.6 Å². The zero-order valence-electron chi connectivity index (χ0n) is 10.3. The van der Waals surface area contributed by atoms with Crippen LogP contribution in [0.3, 0.4) is 0 Å². The number of nitrogens with zero attached hydrogens (tertiary/aromatic N) is 3. The predicted molar refractivity (Wildman–Crippen MR) is 70.1 cm³/mol. The van der Waals surface area contributed by atoms with Gasteiger partial charge in [-0.25, -0.2) is 13.9 Å². The molecule has 0 spiro atoms. The number of hydrogen-bond donors (Lipinski definition) is 0. The number of aromatic nitrogens is 3. The van der Waals surface area contributed by atoms with Crippen molar-refractivity contribution in [3.05, 3.63) is 65.4 Å². The maximum Gasteiger partial charge on any atom is 0.154 e. The molecule has 0 aliphatic carbocycles. The third-order valence-corrected chi connectivity index (χ3v) is 2.72. The van der Waals surface area contributed by atoms with E-state index in [-0.39, 0.29) is 5.82 Å². The molecule has 3 rings (SSSR count). The largest absolute Gasteiger partial charge is 0.234 e. The van der Waals surface area contributed by atoms with E-state index in [1.165, 1.54) is 6.07 Å². The number of imidazole rings is 1. The molecule has 3 nitrogen and oxygen atoms in total. The van der Waals surface area contributed by atoms with Gasteiger partial charge in [0, 0.05) is 6.20 Å². The summed E-state index contributed by atoms with van der Waals surface area (Å²) in [4.78, 5) is 4.18. The molecule has 0 amide bonds. The molecule has 19 heavy (non-hydrogen) atoms. The lowest BCUT2D eigenvalue weighted by Gasteiger charge is -1.96. The van der Waals surface area contributed by atoms with Crippen LogP contribution in [0.15, 0.2) is 42.7 Å². The fourth-order valence-electron chi connectivity index (χ4n) is 1.78. The first kappa shape index (κ1) is 11.4. The van der Waals surface area contributed by atoms with Crippen LogP contribution in [0.1, 0.15) is 16.8 Å². The Morgan fingerprint density at radius 3 is 3.00 bits per heavy atom. The second-order valence-electron chi connectivity index (χ2n) is 4.17. The normalized spacial score (nSPS) is 10.2. The van der Waals surface area contributed by atoms with Crippen molar-refractivity contribution in [3.63, 3.8) is 0 Å². The molecular weight excluding hydrogens is 241 g/mol. The summed E-state index contributed by atoms with van der Waals surface area (Å²) in [6.45, 7) is 1.90. The van der Waals surface area contributed by atoms with E-state index in [1.807, 2.05) is 13.0 Å². The molecule has 0 aliphatic rings. The minimum Gasteiger partial charge on any atom is -0.234 e. The lowest BCUT2D eigenvalue weighted by Crippen LogP contribution is -1.92. The van der Waals surface area contributed by atoms with Gasteiger partial charge in [-0.2, -0.15) is 5.10 Å². The fourth-order valence-corrected chi connectivity index (χ4v) is 1.78. The second kappa shape index (κ2) is 4.54. The Balaban J connectivity index is 2.06. The van der Waals surface area contributed by atoms with Gasteiger partial charge >= 0.3 is 0 Å². The first-order valence-corrected chi connectivity index (χ1v) is 5.81. The average molecular weight is 251 g/mol. The molecule has 0 unspecified atom stereocenters. The quantitative estimate of drug-likeness (QED) is 0.575. The number of halogens is 1. The number of fused-ring (bicyclic) bond motifs is 1. The number of benzene rings is 1. The molecule has 0 N–H and O–H groups in total. The molecule has 3 aromatic rings. The summed E-state index contributed by atoms with van der Waals surface area (Å²) in [7, 11) is 0. The van der Waals surface area contributed by atoms with Gasteiger partial charge in [0.1, 0.15) is 11.5 Å². The topological polar surface area (TPSA) is 30.2 Å². The predicted octanol–water partition coefficient (Wildman–Crippen LogP) is 2.58. The van der Waals surface area contributed by atoms with E-state index < -0.39 is 0 Å². The molecule has 1 aromatic carbocycles. The fraction of sp³-hybridized carbons (Fsp3) is 0.0667. The summed E-state index contributed by atoms with van der Waals surface area (Å²) >= 11 is 0. The van der Waals surface area contributed by atoms with E-state index in [4.69, 9.17) is 0 Å². The maximum atomic E-state index is 13.6. The smallest absolute Gasteiger partial charge is 0.154 e. The Bertz CT molecular complexity index is 809. The first-order valence-electron chi connectivity index (χ1n) is 5.81. The van der Waals surface area contributed by atoms with Crippen LogP contribution >= 0.6 is 0 Å². The van der Waals surface area contributed by atoms with E-state index in [1.54, 1.807) is 35.1 Å². The highest BCUT2D eigenvalue weighted by Gasteiger charge is 2.01. The zero-order valence-corrected chi connectivity index (χ0v) is 10.3. The van der Waals surface area contributed by atoms with Crippen LogP contribution in [0, 0.1) is 24.6 Å². The van der Waals surface area contributed by atoms with Gasteiger partial charge < -0.3 is 0 Å². The summed E-state index contributed by atoms with van der Waals surface area (Å²) in [5.74, 6) is 5.40. The molecule has 92 valence electrons. The highest BCUT2D eigenvalue weighted by atomic mass is 19.1. The van der Waals surface area contributed by atoms with Gasteiger partial charge in [0.05, 0.1) is 11.8 Å². The number of rotatable bonds is 0. The highest BCUT2D eigenvalue weighted by Crippen LogP contribution is 2.09. The van der Waals surface area contributed by atoms with Gasteiger partial charge in [-0.15, -0.1) is 0 Å². The lowest BCUT2D eigenvalue weighted by molar-refractivity contribution is 0.624. The summed E-state index contributed by atoms with van der Waals surface area (Å²) < 4.78 is 15.2. The van der Waals surface area contributed by atoms with Crippen molar-refractivity contribution in [1.82, 2.24) is 14.6 Å². The Morgan fingerprint density at radius 1 is 1.21 bits per heavy atom.